The average Bonchev–Trinajstić information content (AvgIpc) is 3.05. The molecule has 7 heteroatoms. The first kappa shape index (κ1) is 16.3. The van der Waals surface area contributed by atoms with Crippen molar-refractivity contribution in [2.75, 3.05) is 12.3 Å². The molecule has 1 aromatic carbocycles. The molecular weight excluding hydrogens is 318 g/mol. The van der Waals surface area contributed by atoms with Crippen molar-refractivity contribution < 1.29 is 9.53 Å². The van der Waals surface area contributed by atoms with Crippen LogP contribution in [0.1, 0.15) is 17.5 Å². The lowest BCUT2D eigenvalue weighted by Gasteiger charge is -2.05. The summed E-state index contributed by atoms with van der Waals surface area (Å²) in [6.45, 7) is 0.641. The second kappa shape index (κ2) is 7.84. The third kappa shape index (κ3) is 4.26. The van der Waals surface area contributed by atoms with Crippen molar-refractivity contribution in [2.45, 2.75) is 13.0 Å². The second-order valence-corrected chi connectivity index (χ2v) is 5.23. The highest BCUT2D eigenvalue weighted by molar-refractivity contribution is 5.91. The zero-order chi connectivity index (χ0) is 17.5. The maximum absolute atomic E-state index is 11.6. The second-order valence-electron chi connectivity index (χ2n) is 5.23. The number of hydrogen-bond donors (Lipinski definition) is 3. The fraction of sp³-hybridized carbons (Fsp3) is 0.167. The van der Waals surface area contributed by atoms with Crippen LogP contribution in [0.25, 0.3) is 11.0 Å². The Morgan fingerprint density at radius 1 is 1.28 bits per heavy atom. The van der Waals surface area contributed by atoms with Crippen LogP contribution in [-0.4, -0.2) is 27.6 Å². The molecule has 0 spiro atoms. The van der Waals surface area contributed by atoms with Gasteiger partial charge in [0.2, 0.25) is 0 Å². The Morgan fingerprint density at radius 3 is 2.96 bits per heavy atom. The number of ether oxygens (including phenoxy) is 1. The van der Waals surface area contributed by atoms with Crippen molar-refractivity contribution in [3.8, 4) is 11.8 Å². The summed E-state index contributed by atoms with van der Waals surface area (Å²) in [5.74, 6) is 6.38. The normalized spacial score (nSPS) is 10.1. The Balaban J connectivity index is 1.45. The highest BCUT2D eigenvalue weighted by Crippen LogP contribution is 2.19. The van der Waals surface area contributed by atoms with E-state index in [0.29, 0.717) is 29.8 Å². The summed E-state index contributed by atoms with van der Waals surface area (Å²) in [6, 6.07) is 9.50. The number of H-pyrrole nitrogens is 1. The lowest BCUT2D eigenvalue weighted by Crippen LogP contribution is -2.24. The summed E-state index contributed by atoms with van der Waals surface area (Å²) < 4.78 is 5.12. The minimum Gasteiger partial charge on any atom is -0.445 e. The van der Waals surface area contributed by atoms with Crippen LogP contribution in [0, 0.1) is 11.8 Å². The maximum atomic E-state index is 11.6. The molecule has 2 aromatic heterocycles. The molecule has 0 atom stereocenters. The van der Waals surface area contributed by atoms with Gasteiger partial charge in [-0.1, -0.05) is 42.2 Å². The molecule has 7 nitrogen and oxygen atoms in total. The fourth-order valence-electron chi connectivity index (χ4n) is 2.24. The van der Waals surface area contributed by atoms with Crippen LogP contribution in [0.15, 0.2) is 42.9 Å². The van der Waals surface area contributed by atoms with Crippen molar-refractivity contribution in [3.05, 3.63) is 54.0 Å². The minimum atomic E-state index is -0.463. The van der Waals surface area contributed by atoms with Crippen molar-refractivity contribution in [1.82, 2.24) is 20.3 Å². The molecule has 126 valence electrons. The molecule has 1 amide bonds. The number of fused-ring (bicyclic) bond motifs is 1. The van der Waals surface area contributed by atoms with Crippen LogP contribution in [-0.2, 0) is 11.3 Å². The number of nitrogens with two attached hydrogens (primary N) is 1. The van der Waals surface area contributed by atoms with E-state index in [2.05, 4.69) is 32.1 Å². The SMILES string of the molecule is Nc1ncnc2[nH]cc(C#CCCNC(=O)OCc3ccccc3)c12. The summed E-state index contributed by atoms with van der Waals surface area (Å²) >= 11 is 0. The van der Waals surface area contributed by atoms with Gasteiger partial charge >= 0.3 is 6.09 Å². The molecule has 0 unspecified atom stereocenters. The minimum absolute atomic E-state index is 0.243. The van der Waals surface area contributed by atoms with Crippen LogP contribution < -0.4 is 11.1 Å². The molecule has 4 N–H and O–H groups in total. The lowest BCUT2D eigenvalue weighted by atomic mass is 10.2. The smallest absolute Gasteiger partial charge is 0.407 e. The molecule has 0 aliphatic rings. The van der Waals surface area contributed by atoms with E-state index >= 15 is 0 Å². The van der Waals surface area contributed by atoms with Crippen LogP contribution in [0.5, 0.6) is 0 Å². The maximum Gasteiger partial charge on any atom is 0.407 e. The highest BCUT2D eigenvalue weighted by atomic mass is 16.5. The van der Waals surface area contributed by atoms with Gasteiger partial charge in [0.05, 0.1) is 10.9 Å². The number of rotatable bonds is 4. The van der Waals surface area contributed by atoms with Gasteiger partial charge in [-0.3, -0.25) is 0 Å². The van der Waals surface area contributed by atoms with Crippen molar-refractivity contribution in [2.24, 2.45) is 0 Å². The number of hydrogen-bond acceptors (Lipinski definition) is 5. The molecule has 0 saturated heterocycles. The van der Waals surface area contributed by atoms with Gasteiger partial charge in [0.15, 0.2) is 0 Å². The molecule has 3 aromatic rings. The van der Waals surface area contributed by atoms with E-state index in [1.807, 2.05) is 30.3 Å². The van der Waals surface area contributed by atoms with Crippen molar-refractivity contribution in [3.63, 3.8) is 0 Å². The van der Waals surface area contributed by atoms with Crippen molar-refractivity contribution >= 4 is 22.9 Å². The number of anilines is 1. The number of alkyl carbamates (subject to hydrolysis) is 1. The van der Waals surface area contributed by atoms with Gasteiger partial charge in [-0.15, -0.1) is 0 Å². The van der Waals surface area contributed by atoms with E-state index in [4.69, 9.17) is 10.5 Å². The van der Waals surface area contributed by atoms with Gasteiger partial charge in [-0.2, -0.15) is 0 Å². The molecule has 0 aliphatic carbocycles. The third-order valence-electron chi connectivity index (χ3n) is 3.45. The number of nitrogen functional groups attached to an aromatic ring is 1. The Labute approximate surface area is 144 Å². The zero-order valence-corrected chi connectivity index (χ0v) is 13.5. The van der Waals surface area contributed by atoms with Gasteiger partial charge < -0.3 is 20.8 Å². The first-order chi connectivity index (χ1) is 12.2. The number of nitrogens with zero attached hydrogens (tertiary/aromatic N) is 2. The standard InChI is InChI=1S/C18H17N5O2/c19-16-15-14(10-21-17(15)23-12-22-16)8-4-5-9-20-18(24)25-11-13-6-2-1-3-7-13/h1-3,6-7,10,12H,5,9,11H2,(H,20,24)(H3,19,21,22,23). The van der Waals surface area contributed by atoms with Crippen LogP contribution in [0.4, 0.5) is 10.6 Å². The van der Waals surface area contributed by atoms with Gasteiger partial charge in [0.1, 0.15) is 24.4 Å². The van der Waals surface area contributed by atoms with E-state index in [1.54, 1.807) is 6.20 Å². The Kier molecular flexibility index (Phi) is 5.12. The number of aromatic nitrogens is 3. The number of nitrogens with one attached hydrogen (secondary N) is 2. The molecule has 25 heavy (non-hydrogen) atoms. The van der Waals surface area contributed by atoms with E-state index in [-0.39, 0.29) is 6.61 Å². The summed E-state index contributed by atoms with van der Waals surface area (Å²) in [7, 11) is 0. The largest absolute Gasteiger partial charge is 0.445 e. The van der Waals surface area contributed by atoms with Gasteiger partial charge in [-0.05, 0) is 5.56 Å². The van der Waals surface area contributed by atoms with E-state index in [1.165, 1.54) is 6.33 Å². The predicted molar refractivity (Wildman–Crippen MR) is 94.4 cm³/mol. The summed E-state index contributed by atoms with van der Waals surface area (Å²) in [4.78, 5) is 22.7. The van der Waals surface area contributed by atoms with Crippen LogP contribution >= 0.6 is 0 Å². The van der Waals surface area contributed by atoms with E-state index in [0.717, 1.165) is 11.1 Å². The number of carbonyl (C=O) groups excluding carboxylic acids is 1. The zero-order valence-electron chi connectivity index (χ0n) is 13.5. The molecule has 0 aliphatic heterocycles. The van der Waals surface area contributed by atoms with Crippen LogP contribution in [0.2, 0.25) is 0 Å². The van der Waals surface area contributed by atoms with Crippen LogP contribution in [0.3, 0.4) is 0 Å². The summed E-state index contributed by atoms with van der Waals surface area (Å²) in [6.07, 6.45) is 3.16. The lowest BCUT2D eigenvalue weighted by molar-refractivity contribution is 0.140. The van der Waals surface area contributed by atoms with E-state index < -0.39 is 6.09 Å². The molecular formula is C18H17N5O2. The Morgan fingerprint density at radius 2 is 2.12 bits per heavy atom. The molecule has 0 bridgehead atoms. The van der Waals surface area contributed by atoms with Gasteiger partial charge in [0, 0.05) is 19.2 Å². The molecule has 0 radical (unpaired) electrons. The number of amides is 1. The van der Waals surface area contributed by atoms with Gasteiger partial charge in [0.25, 0.3) is 0 Å². The average molecular weight is 335 g/mol. The quantitative estimate of drug-likeness (QED) is 0.501. The van der Waals surface area contributed by atoms with Gasteiger partial charge in [-0.25, -0.2) is 14.8 Å². The summed E-state index contributed by atoms with van der Waals surface area (Å²) in [5.41, 5.74) is 8.17. The first-order valence-corrected chi connectivity index (χ1v) is 7.75. The third-order valence-corrected chi connectivity index (χ3v) is 3.45. The molecule has 0 saturated carbocycles. The predicted octanol–water partition coefficient (Wildman–Crippen LogP) is 2.21. The highest BCUT2D eigenvalue weighted by Gasteiger charge is 2.06. The molecule has 2 heterocycles. The number of aromatic amines is 1. The number of carbonyl (C=O) groups is 1. The molecule has 0 fully saturated rings. The topological polar surface area (TPSA) is 106 Å². The summed E-state index contributed by atoms with van der Waals surface area (Å²) in [5, 5.41) is 3.37. The first-order valence-electron chi connectivity index (χ1n) is 7.75. The number of benzene rings is 1. The molecule has 3 rings (SSSR count). The fourth-order valence-corrected chi connectivity index (χ4v) is 2.24. The Hall–Kier alpha value is -3.53. The van der Waals surface area contributed by atoms with E-state index in [9.17, 15) is 4.79 Å². The Bertz CT molecular complexity index is 925. The monoisotopic (exact) mass is 335 g/mol. The van der Waals surface area contributed by atoms with Crippen molar-refractivity contribution in [1.29, 1.82) is 0 Å².